The Kier molecular flexibility index (Phi) is 4.88. The molecule has 0 amide bonds. The van der Waals surface area contributed by atoms with Gasteiger partial charge in [-0.25, -0.2) is 13.5 Å². The van der Waals surface area contributed by atoms with E-state index in [1.165, 1.54) is 6.07 Å². The van der Waals surface area contributed by atoms with E-state index in [0.717, 1.165) is 28.9 Å². The number of halogens is 2. The van der Waals surface area contributed by atoms with Crippen LogP contribution in [0.1, 0.15) is 5.56 Å². The molecule has 0 bridgehead atoms. The largest absolute Gasteiger partial charge is 0.276 e. The van der Waals surface area contributed by atoms with Crippen molar-refractivity contribution in [1.82, 2.24) is 14.8 Å². The molecular weight excluding hydrogens is 360 g/mol. The lowest BCUT2D eigenvalue weighted by atomic mass is 10.1. The fourth-order valence-corrected chi connectivity index (χ4v) is 2.68. The molecule has 0 spiro atoms. The van der Waals surface area contributed by atoms with Gasteiger partial charge < -0.3 is 0 Å². The Morgan fingerprint density at radius 1 is 0.964 bits per heavy atom. The molecule has 2 aromatic carbocycles. The number of hydrogen-bond acceptors (Lipinski definition) is 4. The summed E-state index contributed by atoms with van der Waals surface area (Å²) >= 11 is 0. The van der Waals surface area contributed by atoms with Gasteiger partial charge in [-0.1, -0.05) is 18.2 Å². The van der Waals surface area contributed by atoms with Gasteiger partial charge >= 0.3 is 0 Å². The summed E-state index contributed by atoms with van der Waals surface area (Å²) in [5, 5.41) is 8.74. The third kappa shape index (κ3) is 3.78. The second kappa shape index (κ2) is 7.79. The fourth-order valence-electron chi connectivity index (χ4n) is 2.68. The van der Waals surface area contributed by atoms with Crippen LogP contribution in [-0.2, 0) is 0 Å². The second-order valence-electron chi connectivity index (χ2n) is 5.94. The summed E-state index contributed by atoms with van der Waals surface area (Å²) in [4.78, 5) is 4.03. The highest BCUT2D eigenvalue weighted by molar-refractivity contribution is 5.89. The number of nitrogens with zero attached hydrogens (tertiary/aromatic N) is 4. The average molecular weight is 375 g/mol. The van der Waals surface area contributed by atoms with Gasteiger partial charge in [0.2, 0.25) is 0 Å². The van der Waals surface area contributed by atoms with Crippen molar-refractivity contribution in [2.24, 2.45) is 5.10 Å². The molecular formula is C21H15F2N5. The molecule has 0 saturated heterocycles. The van der Waals surface area contributed by atoms with Gasteiger partial charge in [-0.05, 0) is 36.4 Å². The highest BCUT2D eigenvalue weighted by atomic mass is 19.1. The van der Waals surface area contributed by atoms with Crippen molar-refractivity contribution >= 4 is 11.9 Å². The number of hydrogen-bond donors (Lipinski definition) is 1. The number of anilines is 1. The first-order valence-corrected chi connectivity index (χ1v) is 8.50. The molecule has 0 unspecified atom stereocenters. The molecule has 28 heavy (non-hydrogen) atoms. The molecule has 0 radical (unpaired) electrons. The van der Waals surface area contributed by atoms with E-state index >= 15 is 0 Å². The number of benzene rings is 2. The van der Waals surface area contributed by atoms with Gasteiger partial charge in [-0.3, -0.25) is 10.4 Å². The van der Waals surface area contributed by atoms with Crippen LogP contribution in [0.15, 0.2) is 84.4 Å². The van der Waals surface area contributed by atoms with Crippen LogP contribution in [0.25, 0.3) is 16.9 Å². The van der Waals surface area contributed by atoms with E-state index in [-0.39, 0.29) is 5.69 Å². The van der Waals surface area contributed by atoms with E-state index in [2.05, 4.69) is 20.6 Å². The summed E-state index contributed by atoms with van der Waals surface area (Å²) in [6, 6.07) is 16.6. The maximum Gasteiger partial charge on any atom is 0.151 e. The van der Waals surface area contributed by atoms with Crippen LogP contribution in [0, 0.1) is 11.6 Å². The number of pyridine rings is 1. The first kappa shape index (κ1) is 17.5. The number of rotatable bonds is 5. The van der Waals surface area contributed by atoms with Crippen LogP contribution in [0.4, 0.5) is 14.5 Å². The monoisotopic (exact) mass is 375 g/mol. The summed E-state index contributed by atoms with van der Waals surface area (Å²) in [6.45, 7) is 0. The molecule has 1 N–H and O–H groups in total. The average Bonchev–Trinajstić information content (AvgIpc) is 3.15. The third-order valence-electron chi connectivity index (χ3n) is 4.04. The SMILES string of the molecule is Fc1ccc(N/N=C\c2cn(-c3ccccc3)nc2-c2ccncc2)c(F)c1. The Morgan fingerprint density at radius 2 is 1.75 bits per heavy atom. The topological polar surface area (TPSA) is 55.1 Å². The number of aromatic nitrogens is 3. The summed E-state index contributed by atoms with van der Waals surface area (Å²) in [6.07, 6.45) is 6.75. The van der Waals surface area contributed by atoms with E-state index in [4.69, 9.17) is 0 Å². The van der Waals surface area contributed by atoms with Crippen LogP contribution < -0.4 is 5.43 Å². The van der Waals surface area contributed by atoms with Crippen LogP contribution in [0.5, 0.6) is 0 Å². The van der Waals surface area contributed by atoms with Crippen LogP contribution >= 0.6 is 0 Å². The maximum atomic E-state index is 13.7. The zero-order valence-electron chi connectivity index (χ0n) is 14.6. The predicted octanol–water partition coefficient (Wildman–Crippen LogP) is 4.66. The summed E-state index contributed by atoms with van der Waals surface area (Å²) in [5.41, 5.74) is 5.88. The van der Waals surface area contributed by atoms with Crippen molar-refractivity contribution in [3.05, 3.63) is 96.5 Å². The van der Waals surface area contributed by atoms with E-state index in [1.807, 2.05) is 48.7 Å². The van der Waals surface area contributed by atoms with Gasteiger partial charge in [-0.2, -0.15) is 10.2 Å². The van der Waals surface area contributed by atoms with Gasteiger partial charge in [0.15, 0.2) is 5.82 Å². The van der Waals surface area contributed by atoms with Crippen molar-refractivity contribution in [2.45, 2.75) is 0 Å². The molecule has 2 heterocycles. The van der Waals surface area contributed by atoms with E-state index < -0.39 is 11.6 Å². The Balaban J connectivity index is 1.67. The van der Waals surface area contributed by atoms with Gasteiger partial charge in [0.05, 0.1) is 17.6 Å². The van der Waals surface area contributed by atoms with Crippen LogP contribution in [-0.4, -0.2) is 21.0 Å². The number of nitrogens with one attached hydrogen (secondary N) is 1. The fraction of sp³-hybridized carbons (Fsp3) is 0. The van der Waals surface area contributed by atoms with Crippen molar-refractivity contribution < 1.29 is 8.78 Å². The van der Waals surface area contributed by atoms with Crippen molar-refractivity contribution in [3.63, 3.8) is 0 Å². The van der Waals surface area contributed by atoms with Gasteiger partial charge in [0, 0.05) is 35.8 Å². The van der Waals surface area contributed by atoms with Crippen LogP contribution in [0.3, 0.4) is 0 Å². The molecule has 5 nitrogen and oxygen atoms in total. The maximum absolute atomic E-state index is 13.7. The smallest absolute Gasteiger partial charge is 0.151 e. The lowest BCUT2D eigenvalue weighted by Gasteiger charge is -2.01. The highest BCUT2D eigenvalue weighted by Crippen LogP contribution is 2.22. The third-order valence-corrected chi connectivity index (χ3v) is 4.04. The normalized spacial score (nSPS) is 11.1. The Bertz CT molecular complexity index is 1110. The molecule has 0 fully saturated rings. The summed E-state index contributed by atoms with van der Waals surface area (Å²) in [5.74, 6) is -1.36. The Morgan fingerprint density at radius 3 is 2.50 bits per heavy atom. The molecule has 0 aliphatic heterocycles. The number of para-hydroxylation sites is 1. The molecule has 138 valence electrons. The number of hydrazone groups is 1. The predicted molar refractivity (Wildman–Crippen MR) is 104 cm³/mol. The minimum Gasteiger partial charge on any atom is -0.276 e. The van der Waals surface area contributed by atoms with Crippen molar-refractivity contribution in [3.8, 4) is 16.9 Å². The molecule has 0 aliphatic carbocycles. The van der Waals surface area contributed by atoms with E-state index in [0.29, 0.717) is 5.69 Å². The first-order chi connectivity index (χ1) is 13.7. The van der Waals surface area contributed by atoms with Gasteiger partial charge in [0.25, 0.3) is 0 Å². The Labute approximate surface area is 160 Å². The van der Waals surface area contributed by atoms with Gasteiger partial charge in [-0.15, -0.1) is 0 Å². The van der Waals surface area contributed by atoms with E-state index in [1.54, 1.807) is 23.3 Å². The quantitative estimate of drug-likeness (QED) is 0.408. The van der Waals surface area contributed by atoms with Crippen molar-refractivity contribution in [1.29, 1.82) is 0 Å². The summed E-state index contributed by atoms with van der Waals surface area (Å²) in [7, 11) is 0. The van der Waals surface area contributed by atoms with Crippen LogP contribution in [0.2, 0.25) is 0 Å². The second-order valence-corrected chi connectivity index (χ2v) is 5.94. The molecule has 0 saturated carbocycles. The molecule has 4 rings (SSSR count). The Hall–Kier alpha value is -3.87. The first-order valence-electron chi connectivity index (χ1n) is 8.50. The summed E-state index contributed by atoms with van der Waals surface area (Å²) < 4.78 is 28.5. The lowest BCUT2D eigenvalue weighted by Crippen LogP contribution is -1.95. The molecule has 0 atom stereocenters. The van der Waals surface area contributed by atoms with Crippen molar-refractivity contribution in [2.75, 3.05) is 5.43 Å². The molecule has 0 aliphatic rings. The molecule has 2 aromatic heterocycles. The minimum absolute atomic E-state index is 0.0820. The van der Waals surface area contributed by atoms with E-state index in [9.17, 15) is 8.78 Å². The lowest BCUT2D eigenvalue weighted by molar-refractivity contribution is 0.585. The zero-order chi connectivity index (χ0) is 19.3. The standard InChI is InChI=1S/C21H15F2N5/c22-17-6-7-20(19(23)12-17)26-25-13-16-14-28(18-4-2-1-3-5-18)27-21(16)15-8-10-24-11-9-15/h1-14,26H/b25-13-. The highest BCUT2D eigenvalue weighted by Gasteiger charge is 2.11. The minimum atomic E-state index is -0.716. The molecule has 4 aromatic rings. The zero-order valence-corrected chi connectivity index (χ0v) is 14.6. The van der Waals surface area contributed by atoms with Gasteiger partial charge in [0.1, 0.15) is 11.5 Å². The molecule has 7 heteroatoms.